The first-order chi connectivity index (χ1) is 8.84. The fourth-order valence-corrected chi connectivity index (χ4v) is 3.31. The van der Waals surface area contributed by atoms with Crippen LogP contribution in [0.25, 0.3) is 0 Å². The van der Waals surface area contributed by atoms with Crippen LogP contribution in [0.5, 0.6) is 0 Å². The van der Waals surface area contributed by atoms with E-state index in [0.29, 0.717) is 0 Å². The van der Waals surface area contributed by atoms with Crippen LogP contribution in [0.2, 0.25) is 0 Å². The highest BCUT2D eigenvalue weighted by Crippen LogP contribution is 2.39. The third-order valence-electron chi connectivity index (χ3n) is 4.72. The molecule has 19 heavy (non-hydrogen) atoms. The molecule has 2 fully saturated rings. The lowest BCUT2D eigenvalue weighted by Crippen LogP contribution is -2.65. The number of carbonyl (C=O) groups excluding carboxylic acids is 2. The highest BCUT2D eigenvalue weighted by Gasteiger charge is 2.42. The maximum Gasteiger partial charge on any atom is 0.246 e. The van der Waals surface area contributed by atoms with E-state index in [-0.39, 0.29) is 35.2 Å². The average Bonchev–Trinajstić information content (AvgIpc) is 2.76. The zero-order valence-electron chi connectivity index (χ0n) is 12.5. The zero-order valence-corrected chi connectivity index (χ0v) is 12.5. The van der Waals surface area contributed by atoms with Crippen LogP contribution in [0, 0.1) is 11.3 Å². The average molecular weight is 266 g/mol. The highest BCUT2D eigenvalue weighted by atomic mass is 16.2. The molecule has 0 aromatic rings. The normalized spacial score (nSPS) is 30.9. The van der Waals surface area contributed by atoms with Crippen molar-refractivity contribution in [2.75, 3.05) is 6.54 Å². The largest absolute Gasteiger partial charge is 0.342 e. The molecule has 0 spiro atoms. The van der Waals surface area contributed by atoms with Crippen LogP contribution < -0.4 is 5.32 Å². The Hall–Kier alpha value is -1.06. The zero-order chi connectivity index (χ0) is 14.2. The number of hydrogen-bond donors (Lipinski definition) is 1. The highest BCUT2D eigenvalue weighted by molar-refractivity contribution is 5.96. The summed E-state index contributed by atoms with van der Waals surface area (Å²) in [6, 6.07) is -0.686. The van der Waals surface area contributed by atoms with Gasteiger partial charge in [-0.2, -0.15) is 0 Å². The monoisotopic (exact) mass is 266 g/mol. The minimum absolute atomic E-state index is 0.0140. The Morgan fingerprint density at radius 2 is 1.89 bits per heavy atom. The quantitative estimate of drug-likeness (QED) is 0.848. The summed E-state index contributed by atoms with van der Waals surface area (Å²) in [5.41, 5.74) is 0.197. The van der Waals surface area contributed by atoms with Gasteiger partial charge in [-0.25, -0.2) is 0 Å². The first kappa shape index (κ1) is 14.4. The van der Waals surface area contributed by atoms with E-state index < -0.39 is 0 Å². The van der Waals surface area contributed by atoms with Crippen LogP contribution in [0.3, 0.4) is 0 Å². The number of hydrogen-bond acceptors (Lipinski definition) is 2. The Morgan fingerprint density at radius 3 is 2.42 bits per heavy atom. The second-order valence-electron chi connectivity index (χ2n) is 6.89. The van der Waals surface area contributed by atoms with E-state index in [9.17, 15) is 9.59 Å². The lowest BCUT2D eigenvalue weighted by Gasteiger charge is -2.42. The Balaban J connectivity index is 2.15. The van der Waals surface area contributed by atoms with Crippen LogP contribution in [-0.2, 0) is 9.59 Å². The van der Waals surface area contributed by atoms with E-state index >= 15 is 0 Å². The Morgan fingerprint density at radius 1 is 1.32 bits per heavy atom. The minimum Gasteiger partial charge on any atom is -0.342 e. The molecule has 2 atom stereocenters. The Labute approximate surface area is 115 Å². The molecule has 1 saturated heterocycles. The van der Waals surface area contributed by atoms with Gasteiger partial charge in [-0.3, -0.25) is 9.59 Å². The summed E-state index contributed by atoms with van der Waals surface area (Å²) in [7, 11) is 0. The van der Waals surface area contributed by atoms with Crippen molar-refractivity contribution >= 4 is 11.8 Å². The van der Waals surface area contributed by atoms with Crippen LogP contribution in [0.15, 0.2) is 0 Å². The molecule has 108 valence electrons. The second kappa shape index (κ2) is 5.14. The number of piperazine rings is 1. The molecule has 0 aromatic heterocycles. The molecule has 1 aliphatic heterocycles. The molecule has 2 amide bonds. The minimum atomic E-state index is -0.353. The SMILES string of the molecule is CC(C)C1NC(=O)C(C)N(CC2(C)CCCC2)C1=O. The number of rotatable bonds is 3. The molecule has 1 aliphatic carbocycles. The maximum atomic E-state index is 12.6. The van der Waals surface area contributed by atoms with Crippen molar-refractivity contribution in [2.24, 2.45) is 11.3 Å². The van der Waals surface area contributed by atoms with Crippen molar-refractivity contribution in [3.8, 4) is 0 Å². The smallest absolute Gasteiger partial charge is 0.246 e. The predicted molar refractivity (Wildman–Crippen MR) is 74.5 cm³/mol. The maximum absolute atomic E-state index is 12.6. The molecule has 4 nitrogen and oxygen atoms in total. The van der Waals surface area contributed by atoms with Gasteiger partial charge in [0, 0.05) is 6.54 Å². The summed E-state index contributed by atoms with van der Waals surface area (Å²) in [5.74, 6) is 0.220. The van der Waals surface area contributed by atoms with E-state index in [0.717, 1.165) is 19.4 Å². The Bertz CT molecular complexity index is 372. The number of nitrogens with one attached hydrogen (secondary N) is 1. The lowest BCUT2D eigenvalue weighted by molar-refractivity contribution is -0.151. The molecule has 1 N–H and O–H groups in total. The molecule has 0 radical (unpaired) electrons. The van der Waals surface area contributed by atoms with Gasteiger partial charge >= 0.3 is 0 Å². The van der Waals surface area contributed by atoms with Crippen LogP contribution in [0.1, 0.15) is 53.4 Å². The van der Waals surface area contributed by atoms with Gasteiger partial charge in [0.15, 0.2) is 0 Å². The van der Waals surface area contributed by atoms with Crippen molar-refractivity contribution in [2.45, 2.75) is 65.5 Å². The van der Waals surface area contributed by atoms with Gasteiger partial charge in [-0.15, -0.1) is 0 Å². The van der Waals surface area contributed by atoms with Crippen molar-refractivity contribution in [3.05, 3.63) is 0 Å². The van der Waals surface area contributed by atoms with Crippen molar-refractivity contribution in [1.29, 1.82) is 0 Å². The standard InChI is InChI=1S/C15H26N2O2/c1-10(2)12-14(19)17(11(3)13(18)16-12)9-15(4)7-5-6-8-15/h10-12H,5-9H2,1-4H3,(H,16,18). The predicted octanol–water partition coefficient (Wildman–Crippen LogP) is 1.94. The van der Waals surface area contributed by atoms with Crippen LogP contribution in [-0.4, -0.2) is 35.3 Å². The van der Waals surface area contributed by atoms with E-state index in [1.807, 2.05) is 25.7 Å². The summed E-state index contributed by atoms with van der Waals surface area (Å²) in [5, 5.41) is 2.85. The van der Waals surface area contributed by atoms with Gasteiger partial charge in [-0.1, -0.05) is 33.6 Å². The third kappa shape index (κ3) is 2.77. The van der Waals surface area contributed by atoms with Gasteiger partial charge in [-0.05, 0) is 31.1 Å². The first-order valence-electron chi connectivity index (χ1n) is 7.45. The Kier molecular flexibility index (Phi) is 3.88. The molecule has 0 aromatic carbocycles. The van der Waals surface area contributed by atoms with E-state index in [2.05, 4.69) is 12.2 Å². The molecule has 1 saturated carbocycles. The fraction of sp³-hybridized carbons (Fsp3) is 0.867. The van der Waals surface area contributed by atoms with Gasteiger partial charge in [0.1, 0.15) is 12.1 Å². The third-order valence-corrected chi connectivity index (χ3v) is 4.72. The summed E-state index contributed by atoms with van der Waals surface area (Å²) in [6.07, 6.45) is 4.81. The van der Waals surface area contributed by atoms with Crippen LogP contribution >= 0.6 is 0 Å². The molecule has 2 aliphatic rings. The molecule has 2 rings (SSSR count). The van der Waals surface area contributed by atoms with E-state index in [1.165, 1.54) is 12.8 Å². The molecular formula is C15H26N2O2. The lowest BCUT2D eigenvalue weighted by atomic mass is 9.86. The molecule has 0 bridgehead atoms. The molecular weight excluding hydrogens is 240 g/mol. The first-order valence-corrected chi connectivity index (χ1v) is 7.45. The molecule has 4 heteroatoms. The van der Waals surface area contributed by atoms with Gasteiger partial charge in [0.05, 0.1) is 0 Å². The number of nitrogens with zero attached hydrogens (tertiary/aromatic N) is 1. The van der Waals surface area contributed by atoms with Crippen molar-refractivity contribution in [3.63, 3.8) is 0 Å². The summed E-state index contributed by atoms with van der Waals surface area (Å²) < 4.78 is 0. The summed E-state index contributed by atoms with van der Waals surface area (Å²) in [4.78, 5) is 26.4. The van der Waals surface area contributed by atoms with Gasteiger partial charge in [0.25, 0.3) is 0 Å². The summed E-state index contributed by atoms with van der Waals surface area (Å²) >= 11 is 0. The second-order valence-corrected chi connectivity index (χ2v) is 6.89. The van der Waals surface area contributed by atoms with Gasteiger partial charge in [0.2, 0.25) is 11.8 Å². The van der Waals surface area contributed by atoms with Crippen molar-refractivity contribution in [1.82, 2.24) is 10.2 Å². The van der Waals surface area contributed by atoms with Crippen LogP contribution in [0.4, 0.5) is 0 Å². The number of carbonyl (C=O) groups is 2. The van der Waals surface area contributed by atoms with Gasteiger partial charge < -0.3 is 10.2 Å². The topological polar surface area (TPSA) is 49.4 Å². The molecule has 2 unspecified atom stereocenters. The van der Waals surface area contributed by atoms with E-state index in [4.69, 9.17) is 0 Å². The number of amides is 2. The fourth-order valence-electron chi connectivity index (χ4n) is 3.31. The van der Waals surface area contributed by atoms with E-state index in [1.54, 1.807) is 0 Å². The molecule has 1 heterocycles. The van der Waals surface area contributed by atoms with Crippen molar-refractivity contribution < 1.29 is 9.59 Å². The summed E-state index contributed by atoms with van der Waals surface area (Å²) in [6.45, 7) is 8.77.